The zero-order valence-electron chi connectivity index (χ0n) is 15.6. The van der Waals surface area contributed by atoms with Gasteiger partial charge in [-0.2, -0.15) is 0 Å². The van der Waals surface area contributed by atoms with E-state index in [0.717, 1.165) is 38.8 Å². The molecule has 0 aliphatic heterocycles. The highest BCUT2D eigenvalue weighted by Gasteiger charge is 2.16. The third-order valence-electron chi connectivity index (χ3n) is 4.38. The summed E-state index contributed by atoms with van der Waals surface area (Å²) in [6, 6.07) is 5.69. The fourth-order valence-electron chi connectivity index (χ4n) is 2.97. The fourth-order valence-corrected chi connectivity index (χ4v) is 2.97. The number of benzene rings is 1. The molecule has 3 aromatic rings. The number of carbonyl (C=O) groups is 1. The van der Waals surface area contributed by atoms with Gasteiger partial charge in [-0.15, -0.1) is 0 Å². The number of nitrogens with zero attached hydrogens (tertiary/aromatic N) is 1. The molecular formula is C21H22N2O3. The van der Waals surface area contributed by atoms with Gasteiger partial charge in [0.25, 0.3) is 0 Å². The monoisotopic (exact) mass is 350 g/mol. The first-order valence-corrected chi connectivity index (χ1v) is 8.38. The van der Waals surface area contributed by atoms with Crippen LogP contribution in [-0.4, -0.2) is 18.0 Å². The first kappa shape index (κ1) is 17.7. The fraction of sp³-hybridized carbons (Fsp3) is 0.238. The topological polar surface area (TPSA) is 64.4 Å². The van der Waals surface area contributed by atoms with E-state index in [0.29, 0.717) is 11.6 Å². The number of rotatable bonds is 4. The third kappa shape index (κ3) is 3.33. The summed E-state index contributed by atoms with van der Waals surface area (Å²) in [6.45, 7) is 7.79. The molecule has 0 saturated heterocycles. The van der Waals surface area contributed by atoms with E-state index in [1.807, 2.05) is 39.8 Å². The Balaban J connectivity index is 1.96. The van der Waals surface area contributed by atoms with Gasteiger partial charge in [0.2, 0.25) is 5.91 Å². The van der Waals surface area contributed by atoms with Crippen molar-refractivity contribution < 1.29 is 13.9 Å². The Bertz CT molecular complexity index is 998. The first-order chi connectivity index (χ1) is 12.4. The van der Waals surface area contributed by atoms with Gasteiger partial charge in [-0.1, -0.05) is 6.07 Å². The highest BCUT2D eigenvalue weighted by Crippen LogP contribution is 2.37. The predicted molar refractivity (Wildman–Crippen MR) is 103 cm³/mol. The van der Waals surface area contributed by atoms with Crippen LogP contribution < -0.4 is 10.1 Å². The summed E-state index contributed by atoms with van der Waals surface area (Å²) in [5.74, 6) is 0.998. The van der Waals surface area contributed by atoms with Crippen LogP contribution in [0.1, 0.15) is 29.2 Å². The van der Waals surface area contributed by atoms with Crippen molar-refractivity contribution in [1.29, 1.82) is 0 Å². The molecule has 1 N–H and O–H groups in total. The Kier molecular flexibility index (Phi) is 4.80. The molecular weight excluding hydrogens is 328 g/mol. The van der Waals surface area contributed by atoms with Crippen molar-refractivity contribution in [3.05, 3.63) is 59.0 Å². The normalized spacial score (nSPS) is 11.7. The molecule has 0 bridgehead atoms. The summed E-state index contributed by atoms with van der Waals surface area (Å²) in [6.07, 6.45) is 5.00. The van der Waals surface area contributed by atoms with Crippen molar-refractivity contribution in [1.82, 2.24) is 4.98 Å². The maximum Gasteiger partial charge on any atom is 0.249 e. The summed E-state index contributed by atoms with van der Waals surface area (Å²) in [5.41, 5.74) is 5.49. The highest BCUT2D eigenvalue weighted by molar-refractivity contribution is 6.04. The number of hydrogen-bond donors (Lipinski definition) is 1. The van der Waals surface area contributed by atoms with E-state index < -0.39 is 0 Å². The van der Waals surface area contributed by atoms with Crippen LogP contribution in [-0.2, 0) is 4.79 Å². The van der Waals surface area contributed by atoms with Gasteiger partial charge in [0.05, 0.1) is 13.4 Å². The number of aromatic nitrogens is 1. The van der Waals surface area contributed by atoms with Crippen LogP contribution in [0.25, 0.3) is 16.5 Å². The van der Waals surface area contributed by atoms with E-state index in [-0.39, 0.29) is 5.91 Å². The van der Waals surface area contributed by atoms with Crippen LogP contribution in [0.4, 0.5) is 5.82 Å². The summed E-state index contributed by atoms with van der Waals surface area (Å²) in [4.78, 5) is 16.6. The molecule has 0 aliphatic rings. The maximum atomic E-state index is 12.4. The molecule has 0 radical (unpaired) electrons. The summed E-state index contributed by atoms with van der Waals surface area (Å²) >= 11 is 0. The van der Waals surface area contributed by atoms with Gasteiger partial charge >= 0.3 is 0 Å². The van der Waals surface area contributed by atoms with Crippen LogP contribution in [0.5, 0.6) is 5.75 Å². The van der Waals surface area contributed by atoms with Gasteiger partial charge in [-0.25, -0.2) is 4.98 Å². The second kappa shape index (κ2) is 7.04. The van der Waals surface area contributed by atoms with Gasteiger partial charge in [-0.05, 0) is 56.5 Å². The maximum absolute atomic E-state index is 12.4. The molecule has 0 atom stereocenters. The van der Waals surface area contributed by atoms with E-state index in [1.54, 1.807) is 31.7 Å². The number of allylic oxidation sites excluding steroid dienone is 1. The van der Waals surface area contributed by atoms with Crippen molar-refractivity contribution in [3.8, 4) is 5.75 Å². The lowest BCUT2D eigenvalue weighted by Crippen LogP contribution is -2.10. The minimum Gasteiger partial charge on any atom is -0.496 e. The minimum atomic E-state index is -0.234. The van der Waals surface area contributed by atoms with E-state index in [2.05, 4.69) is 10.3 Å². The second-order valence-electron chi connectivity index (χ2n) is 6.42. The van der Waals surface area contributed by atoms with Gasteiger partial charge in [0, 0.05) is 28.8 Å². The molecule has 1 aromatic carbocycles. The van der Waals surface area contributed by atoms with Crippen molar-refractivity contribution in [2.24, 2.45) is 0 Å². The highest BCUT2D eigenvalue weighted by atomic mass is 16.5. The largest absolute Gasteiger partial charge is 0.496 e. The Labute approximate surface area is 152 Å². The number of furan rings is 1. The van der Waals surface area contributed by atoms with Gasteiger partial charge in [-0.3, -0.25) is 4.79 Å². The molecule has 134 valence electrons. The van der Waals surface area contributed by atoms with E-state index in [4.69, 9.17) is 9.15 Å². The number of nitrogens with one attached hydrogen (secondary N) is 1. The number of carbonyl (C=O) groups excluding carboxylic acids is 1. The molecule has 3 rings (SSSR count). The summed E-state index contributed by atoms with van der Waals surface area (Å²) in [5, 5.41) is 3.80. The number of ether oxygens (including phenoxy) is 1. The van der Waals surface area contributed by atoms with E-state index >= 15 is 0 Å². The molecule has 0 saturated carbocycles. The average molecular weight is 350 g/mol. The lowest BCUT2D eigenvalue weighted by Gasteiger charge is -2.13. The summed E-state index contributed by atoms with van der Waals surface area (Å²) < 4.78 is 11.2. The zero-order valence-corrected chi connectivity index (χ0v) is 15.6. The van der Waals surface area contributed by atoms with Crippen LogP contribution >= 0.6 is 0 Å². The molecule has 26 heavy (non-hydrogen) atoms. The van der Waals surface area contributed by atoms with E-state index in [9.17, 15) is 4.79 Å². The van der Waals surface area contributed by atoms with Crippen LogP contribution in [0.15, 0.2) is 41.2 Å². The molecule has 5 heteroatoms. The SMILES string of the molecule is COc1c(/C(C)=C/C(=O)Nc2ccc(C)cn2)cc2c(C)coc2c1C. The lowest BCUT2D eigenvalue weighted by molar-refractivity contribution is -0.111. The number of hydrogen-bond acceptors (Lipinski definition) is 4. The van der Waals surface area contributed by atoms with Crippen molar-refractivity contribution in [2.75, 3.05) is 12.4 Å². The molecule has 1 amide bonds. The van der Waals surface area contributed by atoms with Crippen LogP contribution in [0, 0.1) is 20.8 Å². The van der Waals surface area contributed by atoms with Crippen LogP contribution in [0.2, 0.25) is 0 Å². The molecule has 0 unspecified atom stereocenters. The number of methoxy groups -OCH3 is 1. The molecule has 0 fully saturated rings. The smallest absolute Gasteiger partial charge is 0.249 e. The number of aryl methyl sites for hydroxylation is 3. The van der Waals surface area contributed by atoms with E-state index in [1.165, 1.54) is 0 Å². The third-order valence-corrected chi connectivity index (χ3v) is 4.38. The zero-order chi connectivity index (χ0) is 18.8. The lowest BCUT2D eigenvalue weighted by atomic mass is 9.98. The molecule has 0 aliphatic carbocycles. The van der Waals surface area contributed by atoms with Crippen LogP contribution in [0.3, 0.4) is 0 Å². The minimum absolute atomic E-state index is 0.234. The van der Waals surface area contributed by atoms with Crippen molar-refractivity contribution in [2.45, 2.75) is 27.7 Å². The predicted octanol–water partition coefficient (Wildman–Crippen LogP) is 4.80. The number of fused-ring (bicyclic) bond motifs is 1. The van der Waals surface area contributed by atoms with Gasteiger partial charge in [0.15, 0.2) is 0 Å². The molecule has 5 nitrogen and oxygen atoms in total. The van der Waals surface area contributed by atoms with Gasteiger partial charge < -0.3 is 14.5 Å². The number of amides is 1. The Morgan fingerprint density at radius 2 is 2.04 bits per heavy atom. The number of anilines is 1. The van der Waals surface area contributed by atoms with Crippen molar-refractivity contribution >= 4 is 28.3 Å². The standard InChI is InChI=1S/C21H22N2O3/c1-12-6-7-18(22-10-12)23-19(24)8-13(2)16-9-17-14(3)11-26-21(17)15(4)20(16)25-5/h6-11H,1-5H3,(H,22,23,24)/b13-8+. The quantitative estimate of drug-likeness (QED) is 0.686. The number of pyridine rings is 1. The molecule has 2 heterocycles. The molecule has 2 aromatic heterocycles. The summed E-state index contributed by atoms with van der Waals surface area (Å²) in [7, 11) is 1.62. The Hall–Kier alpha value is -3.08. The first-order valence-electron chi connectivity index (χ1n) is 8.38. The van der Waals surface area contributed by atoms with Crippen molar-refractivity contribution in [3.63, 3.8) is 0 Å². The second-order valence-corrected chi connectivity index (χ2v) is 6.42. The Morgan fingerprint density at radius 1 is 1.27 bits per heavy atom. The Morgan fingerprint density at radius 3 is 2.69 bits per heavy atom. The molecule has 0 spiro atoms. The van der Waals surface area contributed by atoms with Gasteiger partial charge in [0.1, 0.15) is 17.2 Å². The average Bonchev–Trinajstić information content (AvgIpc) is 2.98.